The molecule has 72 valence electrons. The van der Waals surface area contributed by atoms with E-state index in [1.165, 1.54) is 0 Å². The number of hydrogen-bond acceptors (Lipinski definition) is 1. The van der Waals surface area contributed by atoms with E-state index in [1.54, 1.807) is 6.92 Å². The average Bonchev–Trinajstić information content (AvgIpc) is 1.79. The predicted octanol–water partition coefficient (Wildman–Crippen LogP) is 2.62. The van der Waals surface area contributed by atoms with Crippen LogP contribution in [0, 0.1) is 0 Å². The highest BCUT2D eigenvalue weighted by Gasteiger charge is 2.29. The first-order chi connectivity index (χ1) is 5.31. The van der Waals surface area contributed by atoms with Gasteiger partial charge in [-0.3, -0.25) is 0 Å². The van der Waals surface area contributed by atoms with Crippen LogP contribution in [-0.2, 0) is 0 Å². The first-order valence-electron chi connectivity index (χ1n) is 3.78. The van der Waals surface area contributed by atoms with Crippen molar-refractivity contribution < 1.29 is 13.2 Å². The maximum Gasteiger partial charge on any atom is 0.390 e. The molecule has 0 bridgehead atoms. The summed E-state index contributed by atoms with van der Waals surface area (Å²) in [6, 6.07) is -0.790. The second kappa shape index (κ2) is 4.50. The number of halogens is 3. The zero-order chi connectivity index (χ0) is 9.78. The van der Waals surface area contributed by atoms with Gasteiger partial charge in [0.2, 0.25) is 0 Å². The van der Waals surface area contributed by atoms with Crippen LogP contribution in [0.25, 0.3) is 0 Å². The fraction of sp³-hybridized carbons (Fsp3) is 0.750. The normalized spacial score (nSPS) is 14.4. The van der Waals surface area contributed by atoms with Gasteiger partial charge in [0.25, 0.3) is 0 Å². The van der Waals surface area contributed by atoms with Crippen molar-refractivity contribution in [3.05, 3.63) is 12.2 Å². The summed E-state index contributed by atoms with van der Waals surface area (Å²) < 4.78 is 35.2. The highest BCUT2D eigenvalue weighted by molar-refractivity contribution is 4.89. The topological polar surface area (TPSA) is 26.0 Å². The van der Waals surface area contributed by atoms with E-state index in [0.717, 1.165) is 5.57 Å². The summed E-state index contributed by atoms with van der Waals surface area (Å²) in [6.45, 7) is 5.36. The molecular weight excluding hydrogens is 167 g/mol. The van der Waals surface area contributed by atoms with E-state index in [2.05, 4.69) is 6.58 Å². The van der Waals surface area contributed by atoms with E-state index < -0.39 is 18.6 Å². The Morgan fingerprint density at radius 2 is 2.00 bits per heavy atom. The molecule has 0 aliphatic rings. The third kappa shape index (κ3) is 7.60. The fourth-order valence-corrected chi connectivity index (χ4v) is 0.831. The van der Waals surface area contributed by atoms with Gasteiger partial charge in [0, 0.05) is 6.04 Å². The molecule has 0 aliphatic carbocycles. The van der Waals surface area contributed by atoms with Crippen molar-refractivity contribution in [3.8, 4) is 0 Å². The standard InChI is InChI=1S/C8H14F3N/c1-6(2)3-4-7(12)5-8(9,10)11/h7H,1,3-5,12H2,2H3. The predicted molar refractivity (Wildman–Crippen MR) is 42.7 cm³/mol. The van der Waals surface area contributed by atoms with Gasteiger partial charge in [-0.1, -0.05) is 5.57 Å². The lowest BCUT2D eigenvalue weighted by Crippen LogP contribution is -2.27. The molecule has 0 amide bonds. The molecule has 0 aromatic carbocycles. The Morgan fingerprint density at radius 3 is 2.33 bits per heavy atom. The van der Waals surface area contributed by atoms with Crippen LogP contribution >= 0.6 is 0 Å². The van der Waals surface area contributed by atoms with Gasteiger partial charge in [0.1, 0.15) is 0 Å². The smallest absolute Gasteiger partial charge is 0.327 e. The number of hydrogen-bond donors (Lipinski definition) is 1. The van der Waals surface area contributed by atoms with Gasteiger partial charge in [0.05, 0.1) is 6.42 Å². The van der Waals surface area contributed by atoms with E-state index >= 15 is 0 Å². The second-order valence-electron chi connectivity index (χ2n) is 3.08. The zero-order valence-electron chi connectivity index (χ0n) is 7.12. The van der Waals surface area contributed by atoms with Crippen LogP contribution in [0.3, 0.4) is 0 Å². The molecule has 0 spiro atoms. The van der Waals surface area contributed by atoms with Crippen LogP contribution in [0.5, 0.6) is 0 Å². The summed E-state index contributed by atoms with van der Waals surface area (Å²) in [4.78, 5) is 0. The van der Waals surface area contributed by atoms with E-state index in [1.807, 2.05) is 0 Å². The number of allylic oxidation sites excluding steroid dienone is 1. The molecule has 4 heteroatoms. The minimum atomic E-state index is -4.14. The van der Waals surface area contributed by atoms with Gasteiger partial charge in [-0.25, -0.2) is 0 Å². The molecule has 2 N–H and O–H groups in total. The molecule has 1 unspecified atom stereocenters. The Hall–Kier alpha value is -0.510. The molecule has 1 atom stereocenters. The molecule has 1 nitrogen and oxygen atoms in total. The van der Waals surface area contributed by atoms with Crippen LogP contribution < -0.4 is 5.73 Å². The van der Waals surface area contributed by atoms with E-state index in [9.17, 15) is 13.2 Å². The van der Waals surface area contributed by atoms with Gasteiger partial charge >= 0.3 is 6.18 Å². The van der Waals surface area contributed by atoms with Gasteiger partial charge in [-0.2, -0.15) is 13.2 Å². The van der Waals surface area contributed by atoms with Crippen molar-refractivity contribution >= 4 is 0 Å². The van der Waals surface area contributed by atoms with Crippen molar-refractivity contribution in [2.75, 3.05) is 0 Å². The summed E-state index contributed by atoms with van der Waals surface area (Å²) in [5.41, 5.74) is 6.12. The first kappa shape index (κ1) is 11.5. The monoisotopic (exact) mass is 181 g/mol. The maximum atomic E-state index is 11.7. The molecule has 0 aliphatic heterocycles. The summed E-state index contributed by atoms with van der Waals surface area (Å²) >= 11 is 0. The minimum absolute atomic E-state index is 0.356. The maximum absolute atomic E-state index is 11.7. The largest absolute Gasteiger partial charge is 0.390 e. The van der Waals surface area contributed by atoms with Crippen molar-refractivity contribution in [2.24, 2.45) is 5.73 Å². The Balaban J connectivity index is 3.60. The third-order valence-corrected chi connectivity index (χ3v) is 1.44. The van der Waals surface area contributed by atoms with Crippen LogP contribution in [0.1, 0.15) is 26.2 Å². The summed E-state index contributed by atoms with van der Waals surface area (Å²) in [5, 5.41) is 0. The number of nitrogens with two attached hydrogens (primary N) is 1. The molecule has 0 fully saturated rings. The zero-order valence-corrected chi connectivity index (χ0v) is 7.12. The first-order valence-corrected chi connectivity index (χ1v) is 3.78. The molecule has 0 saturated heterocycles. The van der Waals surface area contributed by atoms with Crippen molar-refractivity contribution in [3.63, 3.8) is 0 Å². The number of rotatable bonds is 4. The van der Waals surface area contributed by atoms with Crippen LogP contribution in [0.4, 0.5) is 13.2 Å². The van der Waals surface area contributed by atoms with E-state index in [0.29, 0.717) is 12.8 Å². The molecule has 0 radical (unpaired) electrons. The molecule has 0 heterocycles. The molecule has 0 aromatic heterocycles. The van der Waals surface area contributed by atoms with Crippen molar-refractivity contribution in [1.29, 1.82) is 0 Å². The van der Waals surface area contributed by atoms with Crippen LogP contribution in [-0.4, -0.2) is 12.2 Å². The Bertz CT molecular complexity index is 151. The lowest BCUT2D eigenvalue weighted by atomic mass is 10.1. The highest BCUT2D eigenvalue weighted by Crippen LogP contribution is 2.22. The van der Waals surface area contributed by atoms with Gasteiger partial charge in [-0.05, 0) is 19.8 Å². The summed E-state index contributed by atoms with van der Waals surface area (Å²) in [6.07, 6.45) is -4.12. The van der Waals surface area contributed by atoms with Crippen LogP contribution in [0.2, 0.25) is 0 Å². The lowest BCUT2D eigenvalue weighted by molar-refractivity contribution is -0.138. The van der Waals surface area contributed by atoms with Crippen molar-refractivity contribution in [2.45, 2.75) is 38.4 Å². The average molecular weight is 181 g/mol. The summed E-state index contributed by atoms with van der Waals surface area (Å²) in [5.74, 6) is 0. The van der Waals surface area contributed by atoms with E-state index in [4.69, 9.17) is 5.73 Å². The van der Waals surface area contributed by atoms with Gasteiger partial charge in [0.15, 0.2) is 0 Å². The Labute approximate surface area is 70.4 Å². The van der Waals surface area contributed by atoms with E-state index in [-0.39, 0.29) is 0 Å². The Morgan fingerprint density at radius 1 is 1.50 bits per heavy atom. The molecule has 0 saturated carbocycles. The summed E-state index contributed by atoms with van der Waals surface area (Å²) in [7, 11) is 0. The van der Waals surface area contributed by atoms with Crippen molar-refractivity contribution in [1.82, 2.24) is 0 Å². The molecule has 12 heavy (non-hydrogen) atoms. The lowest BCUT2D eigenvalue weighted by Gasteiger charge is -2.13. The quantitative estimate of drug-likeness (QED) is 0.663. The SMILES string of the molecule is C=C(C)CCC(N)CC(F)(F)F. The van der Waals surface area contributed by atoms with Gasteiger partial charge in [-0.15, -0.1) is 6.58 Å². The van der Waals surface area contributed by atoms with Crippen LogP contribution in [0.15, 0.2) is 12.2 Å². The highest BCUT2D eigenvalue weighted by atomic mass is 19.4. The second-order valence-corrected chi connectivity index (χ2v) is 3.08. The Kier molecular flexibility index (Phi) is 4.31. The fourth-order valence-electron chi connectivity index (χ4n) is 0.831. The molecular formula is C8H14F3N. The third-order valence-electron chi connectivity index (χ3n) is 1.44. The van der Waals surface area contributed by atoms with Gasteiger partial charge < -0.3 is 5.73 Å². The number of alkyl halides is 3. The molecule has 0 aromatic rings. The molecule has 0 rings (SSSR count). The minimum Gasteiger partial charge on any atom is -0.327 e.